The Morgan fingerprint density at radius 2 is 1.69 bits per heavy atom. The van der Waals surface area contributed by atoms with Crippen LogP contribution in [-0.2, 0) is 9.59 Å². The molecule has 2 atom stereocenters. The molecule has 5 heteroatoms. The van der Waals surface area contributed by atoms with Crippen LogP contribution in [0, 0.1) is 0 Å². The molecule has 0 bridgehead atoms. The molecule has 0 radical (unpaired) electrons. The number of carbonyl (C=O) groups excluding carboxylic acids is 2. The molecule has 3 nitrogen and oxygen atoms in total. The quantitative estimate of drug-likeness (QED) is 0.720. The highest BCUT2D eigenvalue weighted by atomic mass is 79.9. The number of allylic oxidation sites excluding steroid dienone is 2. The van der Waals surface area contributed by atoms with Crippen molar-refractivity contribution in [2.24, 2.45) is 0 Å². The summed E-state index contributed by atoms with van der Waals surface area (Å²) in [4.78, 5) is 25.3. The van der Waals surface area contributed by atoms with Crippen LogP contribution in [0.2, 0.25) is 5.02 Å². The van der Waals surface area contributed by atoms with Gasteiger partial charge in [0.15, 0.2) is 5.78 Å². The second kappa shape index (κ2) is 7.01. The molecule has 26 heavy (non-hydrogen) atoms. The van der Waals surface area contributed by atoms with Gasteiger partial charge in [0.2, 0.25) is 5.91 Å². The lowest BCUT2D eigenvalue weighted by molar-refractivity contribution is -0.122. The van der Waals surface area contributed by atoms with Crippen molar-refractivity contribution in [3.8, 4) is 0 Å². The minimum absolute atomic E-state index is 0.00100. The summed E-state index contributed by atoms with van der Waals surface area (Å²) in [7, 11) is 0. The number of hydrogen-bond donors (Lipinski definition) is 1. The predicted molar refractivity (Wildman–Crippen MR) is 105 cm³/mol. The van der Waals surface area contributed by atoms with Crippen molar-refractivity contribution in [1.82, 2.24) is 5.32 Å². The van der Waals surface area contributed by atoms with Crippen molar-refractivity contribution in [3.05, 3.63) is 80.4 Å². The summed E-state index contributed by atoms with van der Waals surface area (Å²) in [5.41, 5.74) is 3.49. The maximum absolute atomic E-state index is 13.0. The second-order valence-corrected chi connectivity index (χ2v) is 8.12. The normalized spacial score (nSPS) is 22.8. The van der Waals surface area contributed by atoms with Gasteiger partial charge in [-0.25, -0.2) is 0 Å². The summed E-state index contributed by atoms with van der Waals surface area (Å²) in [6.45, 7) is 0. The zero-order chi connectivity index (χ0) is 18.3. The first-order chi connectivity index (χ1) is 12.5. The van der Waals surface area contributed by atoms with Gasteiger partial charge in [0.05, 0.1) is 0 Å². The monoisotopic (exact) mass is 429 g/mol. The molecule has 1 aliphatic carbocycles. The lowest BCUT2D eigenvalue weighted by Gasteiger charge is -2.34. The van der Waals surface area contributed by atoms with Crippen LogP contribution in [0.5, 0.6) is 0 Å². The molecule has 1 aliphatic heterocycles. The van der Waals surface area contributed by atoms with Crippen molar-refractivity contribution >= 4 is 39.2 Å². The Bertz CT molecular complexity index is 920. The fourth-order valence-electron chi connectivity index (χ4n) is 3.97. The Morgan fingerprint density at radius 1 is 0.962 bits per heavy atom. The lowest BCUT2D eigenvalue weighted by Crippen LogP contribution is -2.38. The van der Waals surface area contributed by atoms with Crippen LogP contribution >= 0.6 is 27.5 Å². The molecule has 2 aromatic carbocycles. The third-order valence-electron chi connectivity index (χ3n) is 5.15. The number of halogens is 2. The Morgan fingerprint density at radius 3 is 2.42 bits per heavy atom. The van der Waals surface area contributed by atoms with Gasteiger partial charge in [-0.05, 0) is 41.7 Å². The molecule has 0 saturated carbocycles. The van der Waals surface area contributed by atoms with Gasteiger partial charge in [-0.15, -0.1) is 0 Å². The van der Waals surface area contributed by atoms with E-state index in [1.807, 2.05) is 48.5 Å². The van der Waals surface area contributed by atoms with E-state index >= 15 is 0 Å². The Hall–Kier alpha value is -1.91. The van der Waals surface area contributed by atoms with Crippen LogP contribution in [-0.4, -0.2) is 11.7 Å². The third-order valence-corrected chi connectivity index (χ3v) is 6.03. The summed E-state index contributed by atoms with van der Waals surface area (Å²) in [5, 5.41) is 3.61. The van der Waals surface area contributed by atoms with E-state index < -0.39 is 0 Å². The largest absolute Gasteiger partial charge is 0.329 e. The molecule has 2 aliphatic rings. The Labute approximate surface area is 165 Å². The predicted octanol–water partition coefficient (Wildman–Crippen LogP) is 5.11. The van der Waals surface area contributed by atoms with Crippen LogP contribution < -0.4 is 5.32 Å². The number of hydrogen-bond acceptors (Lipinski definition) is 2. The molecule has 0 unspecified atom stereocenters. The standard InChI is InChI=1S/C21H17BrClNO2/c22-14-7-5-12(6-8-14)16-11-20(26)24-18-9-13(10-19(25)21(16)18)15-3-1-2-4-17(15)23/h1-8,13,16H,9-11H2,(H,24,26)/t13-,16+/m1/s1. The number of rotatable bonds is 2. The number of Topliss-reactive ketones (excluding diaryl/α,β-unsaturated/α-hetero) is 1. The molecular formula is C21H17BrClNO2. The highest BCUT2D eigenvalue weighted by molar-refractivity contribution is 9.10. The first-order valence-electron chi connectivity index (χ1n) is 8.59. The second-order valence-electron chi connectivity index (χ2n) is 6.80. The van der Waals surface area contributed by atoms with Crippen molar-refractivity contribution < 1.29 is 9.59 Å². The molecule has 1 amide bonds. The highest BCUT2D eigenvalue weighted by Crippen LogP contribution is 2.43. The average Bonchev–Trinajstić information content (AvgIpc) is 2.61. The smallest absolute Gasteiger partial charge is 0.225 e. The summed E-state index contributed by atoms with van der Waals surface area (Å²) >= 11 is 9.76. The summed E-state index contributed by atoms with van der Waals surface area (Å²) < 4.78 is 0.976. The molecule has 0 spiro atoms. The maximum Gasteiger partial charge on any atom is 0.225 e. The molecular weight excluding hydrogens is 414 g/mol. The van der Waals surface area contributed by atoms with E-state index in [0.29, 0.717) is 24.3 Å². The Balaban J connectivity index is 1.73. The lowest BCUT2D eigenvalue weighted by atomic mass is 9.73. The third kappa shape index (κ3) is 3.24. The summed E-state index contributed by atoms with van der Waals surface area (Å²) in [6, 6.07) is 15.5. The van der Waals surface area contributed by atoms with E-state index in [0.717, 1.165) is 26.9 Å². The molecule has 1 N–H and O–H groups in total. The molecule has 2 aromatic rings. The first kappa shape index (κ1) is 17.5. The minimum Gasteiger partial charge on any atom is -0.329 e. The van der Waals surface area contributed by atoms with Crippen molar-refractivity contribution in [3.63, 3.8) is 0 Å². The van der Waals surface area contributed by atoms with Gasteiger partial charge < -0.3 is 5.32 Å². The SMILES string of the molecule is O=C1C[C@@H](c2ccc(Br)cc2)C2=C(C[C@@H](c3ccccc3Cl)CC2=O)N1. The molecule has 4 rings (SSSR count). The van der Waals surface area contributed by atoms with Crippen LogP contribution in [0.15, 0.2) is 64.3 Å². The van der Waals surface area contributed by atoms with Gasteiger partial charge in [-0.3, -0.25) is 9.59 Å². The fraction of sp³-hybridized carbons (Fsp3) is 0.238. The zero-order valence-corrected chi connectivity index (χ0v) is 16.3. The number of carbonyl (C=O) groups is 2. The van der Waals surface area contributed by atoms with Gasteiger partial charge in [0.25, 0.3) is 0 Å². The average molecular weight is 431 g/mol. The van der Waals surface area contributed by atoms with E-state index in [2.05, 4.69) is 21.2 Å². The van der Waals surface area contributed by atoms with Gasteiger partial charge in [0.1, 0.15) is 0 Å². The maximum atomic E-state index is 13.0. The highest BCUT2D eigenvalue weighted by Gasteiger charge is 2.38. The van der Waals surface area contributed by atoms with E-state index in [4.69, 9.17) is 11.6 Å². The topological polar surface area (TPSA) is 46.2 Å². The van der Waals surface area contributed by atoms with Gasteiger partial charge in [-0.2, -0.15) is 0 Å². The van der Waals surface area contributed by atoms with Crippen molar-refractivity contribution in [2.75, 3.05) is 0 Å². The summed E-state index contributed by atoms with van der Waals surface area (Å²) in [6.07, 6.45) is 1.36. The zero-order valence-electron chi connectivity index (χ0n) is 14.0. The van der Waals surface area contributed by atoms with E-state index in [-0.39, 0.29) is 23.5 Å². The Kier molecular flexibility index (Phi) is 4.72. The molecule has 1 heterocycles. The van der Waals surface area contributed by atoms with E-state index in [1.165, 1.54) is 0 Å². The van der Waals surface area contributed by atoms with E-state index in [9.17, 15) is 9.59 Å². The van der Waals surface area contributed by atoms with Gasteiger partial charge in [0, 0.05) is 39.5 Å². The van der Waals surface area contributed by atoms with Crippen molar-refractivity contribution in [1.29, 1.82) is 0 Å². The van der Waals surface area contributed by atoms with Crippen LogP contribution in [0.3, 0.4) is 0 Å². The van der Waals surface area contributed by atoms with Crippen LogP contribution in [0.4, 0.5) is 0 Å². The first-order valence-corrected chi connectivity index (χ1v) is 9.76. The van der Waals surface area contributed by atoms with Crippen molar-refractivity contribution in [2.45, 2.75) is 31.1 Å². The van der Waals surface area contributed by atoms with E-state index in [1.54, 1.807) is 0 Å². The number of amides is 1. The molecule has 132 valence electrons. The van der Waals surface area contributed by atoms with Gasteiger partial charge in [-0.1, -0.05) is 57.9 Å². The van der Waals surface area contributed by atoms with Gasteiger partial charge >= 0.3 is 0 Å². The van der Waals surface area contributed by atoms with Crippen LogP contribution in [0.25, 0.3) is 0 Å². The van der Waals surface area contributed by atoms with Crippen LogP contribution in [0.1, 0.15) is 42.2 Å². The fourth-order valence-corrected chi connectivity index (χ4v) is 4.52. The summed E-state index contributed by atoms with van der Waals surface area (Å²) in [5.74, 6) is -0.112. The number of nitrogens with one attached hydrogen (secondary N) is 1. The molecule has 0 fully saturated rings. The number of ketones is 1. The molecule has 0 saturated heterocycles. The number of benzene rings is 2. The minimum atomic E-state index is -0.174. The molecule has 0 aromatic heterocycles.